The van der Waals surface area contributed by atoms with Gasteiger partial charge in [-0.05, 0) is 37.8 Å². The molecule has 1 aliphatic heterocycles. The van der Waals surface area contributed by atoms with Gasteiger partial charge in [0.05, 0.1) is 25.5 Å². The van der Waals surface area contributed by atoms with E-state index in [1.807, 2.05) is 18.2 Å². The second-order valence-corrected chi connectivity index (χ2v) is 9.38. The number of thiazole rings is 1. The Balaban J connectivity index is 1.32. The van der Waals surface area contributed by atoms with Crippen LogP contribution in [0.4, 0.5) is 5.95 Å². The van der Waals surface area contributed by atoms with Crippen molar-refractivity contribution in [2.75, 3.05) is 32.2 Å². The Morgan fingerprint density at radius 3 is 2.70 bits per heavy atom. The van der Waals surface area contributed by atoms with E-state index in [0.717, 1.165) is 57.7 Å². The highest BCUT2D eigenvalue weighted by Gasteiger charge is 2.32. The number of nitrogens with zero attached hydrogens (tertiary/aromatic N) is 5. The van der Waals surface area contributed by atoms with Crippen molar-refractivity contribution < 1.29 is 9.47 Å². The van der Waals surface area contributed by atoms with Gasteiger partial charge in [0.25, 0.3) is 0 Å². The van der Waals surface area contributed by atoms with Crippen LogP contribution in [0.2, 0.25) is 0 Å². The Morgan fingerprint density at radius 2 is 1.97 bits per heavy atom. The summed E-state index contributed by atoms with van der Waals surface area (Å²) in [6, 6.07) is 6.39. The Hall–Kier alpha value is -2.26. The molecule has 1 saturated carbocycles. The van der Waals surface area contributed by atoms with E-state index in [2.05, 4.69) is 25.0 Å². The number of hydrogen-bond acceptors (Lipinski definition) is 8. The standard InChI is InChI=1S/C21H25N5O2S2/c1-27-16-7-8-17(18(11-16)28-2)19-22-14(12-29-19)13-30-21-24-23-20(25-9-3-4-10-25)26(21)15-5-6-15/h7-8,11-12,15H,3-6,9-10,13H2,1-2H3. The molecule has 9 heteroatoms. The SMILES string of the molecule is COc1ccc(-c2nc(CSc3nnc(N4CCCC4)n3C3CC3)cs2)c(OC)c1. The fourth-order valence-electron chi connectivity index (χ4n) is 3.76. The molecule has 158 valence electrons. The van der Waals surface area contributed by atoms with Crippen molar-refractivity contribution in [1.82, 2.24) is 19.7 Å². The van der Waals surface area contributed by atoms with Gasteiger partial charge in [0.15, 0.2) is 5.16 Å². The number of benzene rings is 1. The second-order valence-electron chi connectivity index (χ2n) is 7.58. The largest absolute Gasteiger partial charge is 0.497 e. The summed E-state index contributed by atoms with van der Waals surface area (Å²) in [6.45, 7) is 2.18. The molecule has 0 atom stereocenters. The van der Waals surface area contributed by atoms with Crippen molar-refractivity contribution in [1.29, 1.82) is 0 Å². The van der Waals surface area contributed by atoms with Gasteiger partial charge in [-0.15, -0.1) is 21.5 Å². The molecule has 3 aromatic rings. The lowest BCUT2D eigenvalue weighted by molar-refractivity contribution is 0.395. The van der Waals surface area contributed by atoms with Crippen molar-refractivity contribution in [2.24, 2.45) is 0 Å². The molecule has 1 aromatic carbocycles. The van der Waals surface area contributed by atoms with Crippen molar-refractivity contribution in [3.8, 4) is 22.1 Å². The van der Waals surface area contributed by atoms with Crippen LogP contribution in [-0.2, 0) is 5.75 Å². The van der Waals surface area contributed by atoms with Crippen LogP contribution in [0.5, 0.6) is 11.5 Å². The number of aromatic nitrogens is 4. The van der Waals surface area contributed by atoms with Crippen molar-refractivity contribution in [2.45, 2.75) is 42.6 Å². The molecular formula is C21H25N5O2S2. The van der Waals surface area contributed by atoms with Gasteiger partial charge in [-0.3, -0.25) is 4.57 Å². The molecule has 30 heavy (non-hydrogen) atoms. The van der Waals surface area contributed by atoms with E-state index >= 15 is 0 Å². The van der Waals surface area contributed by atoms with Gasteiger partial charge in [-0.25, -0.2) is 4.98 Å². The first-order valence-electron chi connectivity index (χ1n) is 10.3. The minimum atomic E-state index is 0.563. The molecule has 2 aromatic heterocycles. The Bertz CT molecular complexity index is 1020. The lowest BCUT2D eigenvalue weighted by Crippen LogP contribution is -2.22. The molecular weight excluding hydrogens is 418 g/mol. The first kappa shape index (κ1) is 19.7. The summed E-state index contributed by atoms with van der Waals surface area (Å²) < 4.78 is 13.2. The monoisotopic (exact) mass is 443 g/mol. The second kappa shape index (κ2) is 8.47. The van der Waals surface area contributed by atoms with Crippen LogP contribution >= 0.6 is 23.1 Å². The molecule has 1 saturated heterocycles. The summed E-state index contributed by atoms with van der Waals surface area (Å²) in [5.74, 6) is 3.38. The zero-order valence-electron chi connectivity index (χ0n) is 17.2. The van der Waals surface area contributed by atoms with Gasteiger partial charge in [-0.1, -0.05) is 11.8 Å². The topological polar surface area (TPSA) is 65.3 Å². The van der Waals surface area contributed by atoms with Gasteiger partial charge in [0.2, 0.25) is 5.95 Å². The Labute approximate surface area is 184 Å². The van der Waals surface area contributed by atoms with Crippen LogP contribution in [0.15, 0.2) is 28.7 Å². The van der Waals surface area contributed by atoms with E-state index in [1.54, 1.807) is 37.3 Å². The highest BCUT2D eigenvalue weighted by molar-refractivity contribution is 7.98. The zero-order chi connectivity index (χ0) is 20.5. The lowest BCUT2D eigenvalue weighted by atomic mass is 10.2. The molecule has 5 rings (SSSR count). The van der Waals surface area contributed by atoms with E-state index in [1.165, 1.54) is 25.7 Å². The van der Waals surface area contributed by atoms with E-state index in [9.17, 15) is 0 Å². The number of methoxy groups -OCH3 is 2. The van der Waals surface area contributed by atoms with Gasteiger partial charge in [0, 0.05) is 36.3 Å². The number of rotatable bonds is 8. The molecule has 3 heterocycles. The first-order valence-corrected chi connectivity index (χ1v) is 12.1. The van der Waals surface area contributed by atoms with Crippen molar-refractivity contribution >= 4 is 29.0 Å². The summed E-state index contributed by atoms with van der Waals surface area (Å²) in [7, 11) is 3.33. The maximum atomic E-state index is 5.54. The molecule has 0 amide bonds. The van der Waals surface area contributed by atoms with Gasteiger partial charge < -0.3 is 14.4 Å². The predicted molar refractivity (Wildman–Crippen MR) is 120 cm³/mol. The summed E-state index contributed by atoms with van der Waals surface area (Å²) in [5, 5.41) is 13.1. The number of ether oxygens (including phenoxy) is 2. The molecule has 0 bridgehead atoms. The van der Waals surface area contributed by atoms with E-state index in [-0.39, 0.29) is 0 Å². The predicted octanol–water partition coefficient (Wildman–Crippen LogP) is 4.65. The summed E-state index contributed by atoms with van der Waals surface area (Å²) in [5.41, 5.74) is 2.03. The molecule has 2 fully saturated rings. The summed E-state index contributed by atoms with van der Waals surface area (Å²) in [6.07, 6.45) is 4.95. The highest BCUT2D eigenvalue weighted by atomic mass is 32.2. The van der Waals surface area contributed by atoms with Crippen LogP contribution < -0.4 is 14.4 Å². The number of thioether (sulfide) groups is 1. The third-order valence-electron chi connectivity index (χ3n) is 5.49. The minimum absolute atomic E-state index is 0.563. The van der Waals surface area contributed by atoms with E-state index in [4.69, 9.17) is 14.5 Å². The molecule has 2 aliphatic rings. The fourth-order valence-corrected chi connectivity index (χ4v) is 5.61. The van der Waals surface area contributed by atoms with Gasteiger partial charge in [0.1, 0.15) is 16.5 Å². The number of anilines is 1. The molecule has 0 N–H and O–H groups in total. The van der Waals surface area contributed by atoms with Gasteiger partial charge in [-0.2, -0.15) is 0 Å². The molecule has 0 radical (unpaired) electrons. The third kappa shape index (κ3) is 3.88. The first-order chi connectivity index (χ1) is 14.8. The maximum Gasteiger partial charge on any atom is 0.228 e. The Morgan fingerprint density at radius 1 is 1.13 bits per heavy atom. The minimum Gasteiger partial charge on any atom is -0.497 e. The molecule has 0 unspecified atom stereocenters. The molecule has 1 aliphatic carbocycles. The Kier molecular flexibility index (Phi) is 5.56. The van der Waals surface area contributed by atoms with Crippen LogP contribution in [0, 0.1) is 0 Å². The van der Waals surface area contributed by atoms with Crippen LogP contribution in [0.1, 0.15) is 37.4 Å². The van der Waals surface area contributed by atoms with Gasteiger partial charge >= 0.3 is 0 Å². The van der Waals surface area contributed by atoms with Crippen LogP contribution in [0.25, 0.3) is 10.6 Å². The molecule has 7 nitrogen and oxygen atoms in total. The smallest absolute Gasteiger partial charge is 0.228 e. The van der Waals surface area contributed by atoms with Crippen LogP contribution in [-0.4, -0.2) is 47.1 Å². The summed E-state index contributed by atoms with van der Waals surface area (Å²) >= 11 is 3.36. The average Bonchev–Trinajstić information content (AvgIpc) is 3.17. The quantitative estimate of drug-likeness (QED) is 0.470. The molecule has 0 spiro atoms. The van der Waals surface area contributed by atoms with Crippen molar-refractivity contribution in [3.63, 3.8) is 0 Å². The number of hydrogen-bond donors (Lipinski definition) is 0. The normalized spacial score (nSPS) is 16.3. The van der Waals surface area contributed by atoms with E-state index < -0.39 is 0 Å². The zero-order valence-corrected chi connectivity index (χ0v) is 18.8. The summed E-state index contributed by atoms with van der Waals surface area (Å²) in [4.78, 5) is 7.22. The highest BCUT2D eigenvalue weighted by Crippen LogP contribution is 2.42. The fraction of sp³-hybridized carbons (Fsp3) is 0.476. The third-order valence-corrected chi connectivity index (χ3v) is 7.39. The lowest BCUT2D eigenvalue weighted by Gasteiger charge is -2.17. The van der Waals surface area contributed by atoms with Crippen LogP contribution in [0.3, 0.4) is 0 Å². The maximum absolute atomic E-state index is 5.54. The average molecular weight is 444 g/mol. The van der Waals surface area contributed by atoms with E-state index in [0.29, 0.717) is 6.04 Å². The van der Waals surface area contributed by atoms with Crippen molar-refractivity contribution in [3.05, 3.63) is 29.3 Å².